The Morgan fingerprint density at radius 1 is 1.03 bits per heavy atom. The summed E-state index contributed by atoms with van der Waals surface area (Å²) in [5.41, 5.74) is 0.0468. The van der Waals surface area contributed by atoms with Crippen LogP contribution in [0.4, 0.5) is 5.69 Å². The Morgan fingerprint density at radius 2 is 1.67 bits per heavy atom. The van der Waals surface area contributed by atoms with Gasteiger partial charge in [-0.3, -0.25) is 4.72 Å². The average molecular weight is 476 g/mol. The van der Waals surface area contributed by atoms with Crippen LogP contribution in [-0.4, -0.2) is 42.3 Å². The summed E-state index contributed by atoms with van der Waals surface area (Å²) < 4.78 is 48.9. The molecule has 2 aromatic carbocycles. The molecule has 0 bridgehead atoms. The lowest BCUT2D eigenvalue weighted by molar-refractivity contribution is 0.0546. The maximum atomic E-state index is 13.0. The van der Waals surface area contributed by atoms with Crippen molar-refractivity contribution in [3.8, 4) is 17.2 Å². The molecule has 2 aromatic rings. The number of esters is 1. The lowest BCUT2D eigenvalue weighted by Gasteiger charge is -2.16. The van der Waals surface area contributed by atoms with E-state index in [1.807, 2.05) is 0 Å². The van der Waals surface area contributed by atoms with Crippen LogP contribution in [0.1, 0.15) is 10.4 Å². The zero-order valence-electron chi connectivity index (χ0n) is 16.3. The highest BCUT2D eigenvalue weighted by atomic mass is 35.5. The van der Waals surface area contributed by atoms with Gasteiger partial charge < -0.3 is 18.9 Å². The van der Waals surface area contributed by atoms with E-state index in [4.69, 9.17) is 42.1 Å². The van der Waals surface area contributed by atoms with Crippen molar-refractivity contribution in [2.24, 2.45) is 0 Å². The molecule has 1 N–H and O–H groups in total. The number of benzene rings is 2. The average Bonchev–Trinajstić information content (AvgIpc) is 2.71. The fourth-order valence-corrected chi connectivity index (χ4v) is 3.93. The van der Waals surface area contributed by atoms with Crippen molar-refractivity contribution >= 4 is 44.9 Å². The maximum absolute atomic E-state index is 13.0. The third kappa shape index (κ3) is 5.50. The van der Waals surface area contributed by atoms with Gasteiger partial charge in [0, 0.05) is 11.1 Å². The van der Waals surface area contributed by atoms with Gasteiger partial charge >= 0.3 is 5.97 Å². The molecule has 0 fully saturated rings. The van der Waals surface area contributed by atoms with Gasteiger partial charge in [-0.1, -0.05) is 29.8 Å². The summed E-state index contributed by atoms with van der Waals surface area (Å²) in [5.74, 6) is -0.282. The Hall–Kier alpha value is -2.62. The molecule has 8 nitrogen and oxygen atoms in total. The van der Waals surface area contributed by atoms with Crippen molar-refractivity contribution < 1.29 is 32.2 Å². The molecule has 11 heteroatoms. The number of anilines is 1. The number of carbonyl (C=O) groups is 1. The normalized spacial score (nSPS) is 10.8. The zero-order chi connectivity index (χ0) is 22.5. The van der Waals surface area contributed by atoms with Crippen molar-refractivity contribution in [3.63, 3.8) is 0 Å². The summed E-state index contributed by atoms with van der Waals surface area (Å²) in [5, 5.41) is 0.288. The number of sulfonamides is 1. The molecular formula is C19H19Cl2NO7S. The molecule has 0 spiro atoms. The third-order valence-corrected chi connectivity index (χ3v) is 5.56. The van der Waals surface area contributed by atoms with E-state index in [1.165, 1.54) is 45.6 Å². The number of rotatable bonds is 9. The molecule has 0 aliphatic carbocycles. The van der Waals surface area contributed by atoms with Gasteiger partial charge in [0.1, 0.15) is 28.8 Å². The minimum absolute atomic E-state index is 0.0133. The van der Waals surface area contributed by atoms with Crippen molar-refractivity contribution in [1.82, 2.24) is 0 Å². The van der Waals surface area contributed by atoms with Gasteiger partial charge in [-0.15, -0.1) is 0 Å². The van der Waals surface area contributed by atoms with Gasteiger partial charge in [0.05, 0.1) is 37.6 Å². The predicted octanol–water partition coefficient (Wildman–Crippen LogP) is 4.08. The van der Waals surface area contributed by atoms with Crippen LogP contribution < -0.4 is 18.9 Å². The molecule has 0 aliphatic rings. The van der Waals surface area contributed by atoms with E-state index in [0.29, 0.717) is 5.75 Å². The third-order valence-electron chi connectivity index (χ3n) is 3.77. The molecule has 30 heavy (non-hydrogen) atoms. The minimum atomic E-state index is -4.22. The lowest BCUT2D eigenvalue weighted by Crippen LogP contribution is -2.16. The van der Waals surface area contributed by atoms with Crippen LogP contribution in [0.25, 0.3) is 0 Å². The van der Waals surface area contributed by atoms with Crippen molar-refractivity contribution in [2.75, 3.05) is 32.7 Å². The summed E-state index contributed by atoms with van der Waals surface area (Å²) in [7, 11) is -0.138. The zero-order valence-corrected chi connectivity index (χ0v) is 18.7. The van der Waals surface area contributed by atoms with Crippen LogP contribution in [0.15, 0.2) is 46.8 Å². The van der Waals surface area contributed by atoms with Crippen LogP contribution >= 0.6 is 23.2 Å². The first-order valence-electron chi connectivity index (χ1n) is 8.25. The summed E-state index contributed by atoms with van der Waals surface area (Å²) in [6.07, 6.45) is 0. The summed E-state index contributed by atoms with van der Waals surface area (Å²) in [6, 6.07) is 6.59. The Bertz CT molecular complexity index is 1070. The number of carbonyl (C=O) groups excluding carboxylic acids is 1. The highest BCUT2D eigenvalue weighted by Gasteiger charge is 2.24. The maximum Gasteiger partial charge on any atom is 0.338 e. The van der Waals surface area contributed by atoms with Crippen LogP contribution in [0.5, 0.6) is 17.2 Å². The fraction of sp³-hybridized carbons (Fsp3) is 0.211. The van der Waals surface area contributed by atoms with Crippen molar-refractivity contribution in [1.29, 1.82) is 0 Å². The standard InChI is InChI=1S/C19H19Cl2NO7S/c1-11(20)10-29-19(23)12-5-6-15(26-2)18(7-12)30(24,25)22-14-8-13(21)16(27-3)9-17(14)28-4/h5-9,22H,1,10H2,2-4H3. The molecule has 0 radical (unpaired) electrons. The number of hydrogen-bond acceptors (Lipinski definition) is 7. The summed E-state index contributed by atoms with van der Waals surface area (Å²) in [6.45, 7) is 3.20. The number of hydrogen-bond donors (Lipinski definition) is 1. The van der Waals surface area contributed by atoms with E-state index < -0.39 is 16.0 Å². The van der Waals surface area contributed by atoms with Gasteiger partial charge in [0.15, 0.2) is 0 Å². The fourth-order valence-electron chi connectivity index (χ4n) is 2.38. The molecular weight excluding hydrogens is 457 g/mol. The van der Waals surface area contributed by atoms with E-state index in [-0.39, 0.29) is 44.3 Å². The van der Waals surface area contributed by atoms with E-state index in [9.17, 15) is 13.2 Å². The number of halogens is 2. The highest BCUT2D eigenvalue weighted by molar-refractivity contribution is 7.92. The second kappa shape index (κ2) is 9.92. The Balaban J connectivity index is 2.46. The first-order valence-corrected chi connectivity index (χ1v) is 10.5. The molecule has 0 unspecified atom stereocenters. The SMILES string of the molecule is C=C(Cl)COC(=O)c1ccc(OC)c(S(=O)(=O)Nc2cc(Cl)c(OC)cc2OC)c1. The first-order chi connectivity index (χ1) is 14.1. The van der Waals surface area contributed by atoms with E-state index >= 15 is 0 Å². The van der Waals surface area contributed by atoms with Gasteiger partial charge in [0.25, 0.3) is 10.0 Å². The predicted molar refractivity (Wildman–Crippen MR) is 114 cm³/mol. The van der Waals surface area contributed by atoms with Gasteiger partial charge in [-0.2, -0.15) is 0 Å². The minimum Gasteiger partial charge on any atom is -0.495 e. The first kappa shape index (κ1) is 23.7. The van der Waals surface area contributed by atoms with Crippen LogP contribution in [0.3, 0.4) is 0 Å². The smallest absolute Gasteiger partial charge is 0.338 e. The molecule has 0 amide bonds. The van der Waals surface area contributed by atoms with E-state index in [0.717, 1.165) is 6.07 Å². The number of ether oxygens (including phenoxy) is 4. The lowest BCUT2D eigenvalue weighted by atomic mass is 10.2. The van der Waals surface area contributed by atoms with Crippen LogP contribution in [-0.2, 0) is 14.8 Å². The molecule has 162 valence electrons. The molecule has 0 saturated heterocycles. The second-order valence-electron chi connectivity index (χ2n) is 5.75. The van der Waals surface area contributed by atoms with Gasteiger partial charge in [-0.25, -0.2) is 13.2 Å². The van der Waals surface area contributed by atoms with E-state index in [1.54, 1.807) is 0 Å². The molecule has 2 rings (SSSR count). The molecule has 0 atom stereocenters. The van der Waals surface area contributed by atoms with Gasteiger partial charge in [0.2, 0.25) is 0 Å². The molecule has 0 saturated carbocycles. The van der Waals surface area contributed by atoms with Crippen molar-refractivity contribution in [3.05, 3.63) is 52.5 Å². The number of nitrogens with one attached hydrogen (secondary N) is 1. The Morgan fingerprint density at radius 3 is 2.23 bits per heavy atom. The summed E-state index contributed by atoms with van der Waals surface area (Å²) >= 11 is 11.7. The monoisotopic (exact) mass is 475 g/mol. The number of methoxy groups -OCH3 is 3. The molecule has 0 heterocycles. The van der Waals surface area contributed by atoms with Crippen LogP contribution in [0, 0.1) is 0 Å². The Labute approximate surface area is 184 Å². The Kier molecular flexibility index (Phi) is 7.83. The topological polar surface area (TPSA) is 100 Å². The van der Waals surface area contributed by atoms with Gasteiger partial charge in [-0.05, 0) is 24.3 Å². The van der Waals surface area contributed by atoms with E-state index in [2.05, 4.69) is 11.3 Å². The van der Waals surface area contributed by atoms with Crippen molar-refractivity contribution in [2.45, 2.75) is 4.90 Å². The summed E-state index contributed by atoms with van der Waals surface area (Å²) in [4.78, 5) is 11.9. The quantitative estimate of drug-likeness (QED) is 0.545. The second-order valence-corrected chi connectivity index (χ2v) is 8.34. The highest BCUT2D eigenvalue weighted by Crippen LogP contribution is 2.37. The van der Waals surface area contributed by atoms with Crippen LogP contribution in [0.2, 0.25) is 5.02 Å². The largest absolute Gasteiger partial charge is 0.495 e. The molecule has 0 aromatic heterocycles. The molecule has 0 aliphatic heterocycles.